The largest absolute Gasteiger partial charge is 0.373 e. The maximum absolute atomic E-state index is 9.29. The first-order valence-corrected chi connectivity index (χ1v) is 7.18. The molecule has 4 heteroatoms. The van der Waals surface area contributed by atoms with Crippen LogP contribution in [-0.2, 0) is 17.6 Å². The van der Waals surface area contributed by atoms with E-state index >= 15 is 0 Å². The zero-order valence-electron chi connectivity index (χ0n) is 10.9. The predicted octanol–water partition coefficient (Wildman–Crippen LogP) is 2.17. The van der Waals surface area contributed by atoms with Crippen LogP contribution in [0.2, 0.25) is 0 Å². The Hall–Kier alpha value is -1.60. The SMILES string of the molecule is N#Cc1cc2c(nc1NC1CC3CCC1O3)CCC2. The monoisotopic (exact) mass is 255 g/mol. The Morgan fingerprint density at radius 1 is 1.37 bits per heavy atom. The predicted molar refractivity (Wildman–Crippen MR) is 70.9 cm³/mol. The Morgan fingerprint density at radius 3 is 3.05 bits per heavy atom. The van der Waals surface area contributed by atoms with Gasteiger partial charge in [0.25, 0.3) is 0 Å². The van der Waals surface area contributed by atoms with E-state index in [1.165, 1.54) is 17.7 Å². The average molecular weight is 255 g/mol. The fraction of sp³-hybridized carbons (Fsp3) is 0.600. The normalized spacial score (nSPS) is 31.2. The molecule has 98 valence electrons. The molecule has 3 unspecified atom stereocenters. The summed E-state index contributed by atoms with van der Waals surface area (Å²) in [6.45, 7) is 0. The van der Waals surface area contributed by atoms with Crippen LogP contribution in [0.15, 0.2) is 6.07 Å². The van der Waals surface area contributed by atoms with Gasteiger partial charge in [0, 0.05) is 5.69 Å². The fourth-order valence-electron chi connectivity index (χ4n) is 3.63. The summed E-state index contributed by atoms with van der Waals surface area (Å²) < 4.78 is 5.85. The van der Waals surface area contributed by atoms with E-state index in [0.717, 1.165) is 37.9 Å². The van der Waals surface area contributed by atoms with Gasteiger partial charge in [-0.2, -0.15) is 5.26 Å². The van der Waals surface area contributed by atoms with Crippen LogP contribution < -0.4 is 5.32 Å². The number of aromatic nitrogens is 1. The summed E-state index contributed by atoms with van der Waals surface area (Å²) in [7, 11) is 0. The molecule has 1 N–H and O–H groups in total. The molecule has 0 spiro atoms. The van der Waals surface area contributed by atoms with E-state index in [1.54, 1.807) is 0 Å². The summed E-state index contributed by atoms with van der Waals surface area (Å²) in [6, 6.07) is 4.63. The first kappa shape index (κ1) is 11.2. The molecule has 3 atom stereocenters. The molecule has 2 bridgehead atoms. The summed E-state index contributed by atoms with van der Waals surface area (Å²) in [6.07, 6.45) is 7.37. The first-order valence-electron chi connectivity index (χ1n) is 7.18. The summed E-state index contributed by atoms with van der Waals surface area (Å²) >= 11 is 0. The first-order chi connectivity index (χ1) is 9.33. The van der Waals surface area contributed by atoms with Crippen LogP contribution in [0.3, 0.4) is 0 Å². The van der Waals surface area contributed by atoms with E-state index in [9.17, 15) is 5.26 Å². The van der Waals surface area contributed by atoms with Crippen LogP contribution in [0.1, 0.15) is 42.5 Å². The lowest BCUT2D eigenvalue weighted by atomic mass is 9.95. The second kappa shape index (κ2) is 4.21. The molecule has 4 rings (SSSR count). The summed E-state index contributed by atoms with van der Waals surface area (Å²) in [4.78, 5) is 4.68. The topological polar surface area (TPSA) is 57.9 Å². The van der Waals surface area contributed by atoms with Crippen LogP contribution in [-0.4, -0.2) is 23.2 Å². The maximum Gasteiger partial charge on any atom is 0.144 e. The van der Waals surface area contributed by atoms with Crippen LogP contribution >= 0.6 is 0 Å². The molecule has 1 aliphatic carbocycles. The quantitative estimate of drug-likeness (QED) is 0.880. The second-order valence-electron chi connectivity index (χ2n) is 5.82. The molecule has 1 aromatic heterocycles. The lowest BCUT2D eigenvalue weighted by Crippen LogP contribution is -2.31. The molecule has 0 amide bonds. The molecule has 2 aliphatic heterocycles. The Balaban J connectivity index is 1.62. The van der Waals surface area contributed by atoms with Gasteiger partial charge in [0.2, 0.25) is 0 Å². The van der Waals surface area contributed by atoms with E-state index in [4.69, 9.17) is 4.74 Å². The number of nitrogens with one attached hydrogen (secondary N) is 1. The van der Waals surface area contributed by atoms with Crippen molar-refractivity contribution in [1.29, 1.82) is 5.26 Å². The van der Waals surface area contributed by atoms with Crippen molar-refractivity contribution < 1.29 is 4.74 Å². The van der Waals surface area contributed by atoms with Crippen molar-refractivity contribution in [2.75, 3.05) is 5.32 Å². The molecular formula is C15H17N3O. The Bertz CT molecular complexity index is 563. The Labute approximate surface area is 112 Å². The van der Waals surface area contributed by atoms with Gasteiger partial charge in [-0.1, -0.05) is 0 Å². The van der Waals surface area contributed by atoms with Gasteiger partial charge in [-0.05, 0) is 50.2 Å². The van der Waals surface area contributed by atoms with Gasteiger partial charge in [-0.25, -0.2) is 4.98 Å². The molecule has 4 nitrogen and oxygen atoms in total. The summed E-state index contributed by atoms with van der Waals surface area (Å²) in [5.74, 6) is 0.768. The number of aryl methyl sites for hydroxylation is 2. The third-order valence-electron chi connectivity index (χ3n) is 4.60. The van der Waals surface area contributed by atoms with Crippen molar-refractivity contribution in [3.05, 3.63) is 22.9 Å². The van der Waals surface area contributed by atoms with E-state index < -0.39 is 0 Å². The zero-order valence-corrected chi connectivity index (χ0v) is 10.9. The van der Waals surface area contributed by atoms with Gasteiger partial charge in [0.15, 0.2) is 0 Å². The standard InChI is InChI=1S/C15H17N3O/c16-8-10-6-9-2-1-3-12(9)17-15(10)18-13-7-11-4-5-14(13)19-11/h6,11,13-14H,1-5,7H2,(H,17,18). The number of pyridine rings is 1. The molecule has 3 heterocycles. The minimum atomic E-state index is 0.312. The van der Waals surface area contributed by atoms with Crippen molar-refractivity contribution >= 4 is 5.82 Å². The van der Waals surface area contributed by atoms with Crippen LogP contribution in [0.5, 0.6) is 0 Å². The number of hydrogen-bond donors (Lipinski definition) is 1. The lowest BCUT2D eigenvalue weighted by Gasteiger charge is -2.21. The number of ether oxygens (including phenoxy) is 1. The third-order valence-corrected chi connectivity index (χ3v) is 4.60. The average Bonchev–Trinajstić information content (AvgIpc) is 3.12. The molecule has 0 radical (unpaired) electrons. The highest BCUT2D eigenvalue weighted by molar-refractivity contribution is 5.55. The molecule has 0 saturated carbocycles. The van der Waals surface area contributed by atoms with E-state index in [-0.39, 0.29) is 0 Å². The molecule has 1 aromatic rings. The summed E-state index contributed by atoms with van der Waals surface area (Å²) in [5, 5.41) is 12.8. The van der Waals surface area contributed by atoms with E-state index in [0.29, 0.717) is 23.8 Å². The number of anilines is 1. The number of nitrogens with zero attached hydrogens (tertiary/aromatic N) is 2. The maximum atomic E-state index is 9.29. The molecule has 19 heavy (non-hydrogen) atoms. The Kier molecular flexibility index (Phi) is 2.49. The third kappa shape index (κ3) is 1.81. The Morgan fingerprint density at radius 2 is 2.32 bits per heavy atom. The highest BCUT2D eigenvalue weighted by Gasteiger charge is 2.41. The van der Waals surface area contributed by atoms with E-state index in [2.05, 4.69) is 16.4 Å². The smallest absolute Gasteiger partial charge is 0.144 e. The van der Waals surface area contributed by atoms with Gasteiger partial charge in [-0.3, -0.25) is 0 Å². The van der Waals surface area contributed by atoms with Gasteiger partial charge >= 0.3 is 0 Å². The fourth-order valence-corrected chi connectivity index (χ4v) is 3.63. The van der Waals surface area contributed by atoms with E-state index in [1.807, 2.05) is 6.07 Å². The number of hydrogen-bond acceptors (Lipinski definition) is 4. The van der Waals surface area contributed by atoms with Crippen molar-refractivity contribution in [1.82, 2.24) is 4.98 Å². The highest BCUT2D eigenvalue weighted by atomic mass is 16.5. The molecule has 2 saturated heterocycles. The zero-order chi connectivity index (χ0) is 12.8. The molecule has 2 fully saturated rings. The van der Waals surface area contributed by atoms with Crippen molar-refractivity contribution in [3.63, 3.8) is 0 Å². The van der Waals surface area contributed by atoms with Gasteiger partial charge in [-0.15, -0.1) is 0 Å². The van der Waals surface area contributed by atoms with Crippen molar-refractivity contribution in [2.24, 2.45) is 0 Å². The molecule has 0 aromatic carbocycles. The van der Waals surface area contributed by atoms with Crippen LogP contribution in [0.4, 0.5) is 5.82 Å². The molecular weight excluding hydrogens is 238 g/mol. The second-order valence-corrected chi connectivity index (χ2v) is 5.82. The van der Waals surface area contributed by atoms with Gasteiger partial charge < -0.3 is 10.1 Å². The number of rotatable bonds is 2. The minimum Gasteiger partial charge on any atom is -0.373 e. The number of fused-ring (bicyclic) bond motifs is 3. The summed E-state index contributed by atoms with van der Waals surface area (Å²) in [5.41, 5.74) is 3.11. The lowest BCUT2D eigenvalue weighted by molar-refractivity contribution is 0.102. The van der Waals surface area contributed by atoms with Crippen molar-refractivity contribution in [2.45, 2.75) is 56.8 Å². The van der Waals surface area contributed by atoms with Gasteiger partial charge in [0.1, 0.15) is 11.9 Å². The minimum absolute atomic E-state index is 0.312. The van der Waals surface area contributed by atoms with Crippen LogP contribution in [0, 0.1) is 11.3 Å². The van der Waals surface area contributed by atoms with Crippen molar-refractivity contribution in [3.8, 4) is 6.07 Å². The van der Waals surface area contributed by atoms with Gasteiger partial charge in [0.05, 0.1) is 23.8 Å². The number of nitriles is 1. The van der Waals surface area contributed by atoms with Crippen LogP contribution in [0.25, 0.3) is 0 Å². The highest BCUT2D eigenvalue weighted by Crippen LogP contribution is 2.36. The molecule has 3 aliphatic rings.